The number of hydrogen-bond donors (Lipinski definition) is 4. The maximum Gasteiger partial charge on any atom is 0.269 e. The topological polar surface area (TPSA) is 149 Å². The van der Waals surface area contributed by atoms with Crippen LogP contribution in [0.4, 0.5) is 0 Å². The smallest absolute Gasteiger partial charge is 0.269 e. The van der Waals surface area contributed by atoms with Crippen molar-refractivity contribution in [3.05, 3.63) is 82.7 Å². The SMILES string of the molecule is Cc1cc(C(=O)NCc2ccc(C(=N)N)cc2OCC(N)=O)n(Cc2ccccc2)n1. The van der Waals surface area contributed by atoms with Crippen LogP contribution in [-0.4, -0.2) is 34.0 Å². The molecule has 0 saturated carbocycles. The van der Waals surface area contributed by atoms with Crippen molar-refractivity contribution in [2.75, 3.05) is 6.61 Å². The van der Waals surface area contributed by atoms with E-state index in [0.29, 0.717) is 29.1 Å². The van der Waals surface area contributed by atoms with Gasteiger partial charge in [0.05, 0.1) is 12.2 Å². The summed E-state index contributed by atoms with van der Waals surface area (Å²) >= 11 is 0. The Morgan fingerprint density at radius 2 is 1.87 bits per heavy atom. The van der Waals surface area contributed by atoms with Crippen LogP contribution in [0.15, 0.2) is 54.6 Å². The van der Waals surface area contributed by atoms with Crippen molar-refractivity contribution in [1.82, 2.24) is 15.1 Å². The second-order valence-corrected chi connectivity index (χ2v) is 6.99. The lowest BCUT2D eigenvalue weighted by atomic mass is 10.1. The summed E-state index contributed by atoms with van der Waals surface area (Å²) in [5.74, 6) is -0.753. The summed E-state index contributed by atoms with van der Waals surface area (Å²) in [6.45, 7) is 2.11. The van der Waals surface area contributed by atoms with Crippen molar-refractivity contribution in [2.24, 2.45) is 11.5 Å². The highest BCUT2D eigenvalue weighted by molar-refractivity contribution is 5.95. The Morgan fingerprint density at radius 1 is 1.13 bits per heavy atom. The van der Waals surface area contributed by atoms with Gasteiger partial charge in [0.2, 0.25) is 0 Å². The van der Waals surface area contributed by atoms with Crippen molar-refractivity contribution in [2.45, 2.75) is 20.0 Å². The molecule has 6 N–H and O–H groups in total. The number of nitrogen functional groups attached to an aromatic ring is 1. The first kappa shape index (κ1) is 21.6. The van der Waals surface area contributed by atoms with Crippen LogP contribution in [0.5, 0.6) is 5.75 Å². The van der Waals surface area contributed by atoms with E-state index in [2.05, 4.69) is 10.4 Å². The summed E-state index contributed by atoms with van der Waals surface area (Å²) in [5.41, 5.74) is 13.9. The van der Waals surface area contributed by atoms with Crippen LogP contribution in [0.25, 0.3) is 0 Å². The quantitative estimate of drug-likeness (QED) is 0.304. The zero-order valence-corrected chi connectivity index (χ0v) is 17.1. The van der Waals surface area contributed by atoms with Crippen molar-refractivity contribution in [3.63, 3.8) is 0 Å². The fraction of sp³-hybridized carbons (Fsp3) is 0.182. The summed E-state index contributed by atoms with van der Waals surface area (Å²) < 4.78 is 7.09. The average Bonchev–Trinajstić information content (AvgIpc) is 3.11. The Morgan fingerprint density at radius 3 is 2.55 bits per heavy atom. The van der Waals surface area contributed by atoms with Crippen molar-refractivity contribution in [1.29, 1.82) is 5.41 Å². The molecule has 0 bridgehead atoms. The number of aromatic nitrogens is 2. The van der Waals surface area contributed by atoms with Crippen LogP contribution in [0.2, 0.25) is 0 Å². The number of carbonyl (C=O) groups is 2. The first-order chi connectivity index (χ1) is 14.8. The minimum atomic E-state index is -0.636. The minimum absolute atomic E-state index is 0.139. The first-order valence-electron chi connectivity index (χ1n) is 9.58. The standard InChI is InChI=1S/C22H24N6O3/c1-14-9-18(28(27-14)12-15-5-3-2-4-6-15)22(30)26-11-17-8-7-16(21(24)25)10-19(17)31-13-20(23)29/h2-10H,11-13H2,1H3,(H2,23,29)(H3,24,25)(H,26,30). The van der Waals surface area contributed by atoms with Gasteiger partial charge in [0, 0.05) is 17.7 Å². The Balaban J connectivity index is 1.76. The second kappa shape index (κ2) is 9.57. The maximum absolute atomic E-state index is 12.9. The molecule has 1 heterocycles. The van der Waals surface area contributed by atoms with Gasteiger partial charge in [-0.05, 0) is 24.6 Å². The second-order valence-electron chi connectivity index (χ2n) is 6.99. The molecule has 2 aromatic carbocycles. The molecule has 9 nitrogen and oxygen atoms in total. The fourth-order valence-electron chi connectivity index (χ4n) is 3.02. The van der Waals surface area contributed by atoms with Gasteiger partial charge in [0.15, 0.2) is 6.61 Å². The molecule has 0 spiro atoms. The van der Waals surface area contributed by atoms with Gasteiger partial charge in [-0.2, -0.15) is 5.10 Å². The molecule has 2 amide bonds. The Kier molecular flexibility index (Phi) is 6.66. The molecule has 0 aliphatic carbocycles. The Hall–Kier alpha value is -4.14. The highest BCUT2D eigenvalue weighted by Gasteiger charge is 2.16. The van der Waals surface area contributed by atoms with Crippen LogP contribution in [-0.2, 0) is 17.9 Å². The van der Waals surface area contributed by atoms with Crippen LogP contribution in [0.1, 0.15) is 32.9 Å². The van der Waals surface area contributed by atoms with E-state index in [1.807, 2.05) is 37.3 Å². The van der Waals surface area contributed by atoms with E-state index in [0.717, 1.165) is 11.3 Å². The molecule has 160 valence electrons. The zero-order chi connectivity index (χ0) is 22.4. The number of carbonyl (C=O) groups excluding carboxylic acids is 2. The summed E-state index contributed by atoms with van der Waals surface area (Å²) in [6.07, 6.45) is 0. The number of nitrogens with zero attached hydrogens (tertiary/aromatic N) is 2. The van der Waals surface area contributed by atoms with Crippen LogP contribution in [0, 0.1) is 12.3 Å². The van der Waals surface area contributed by atoms with Crippen molar-refractivity contribution >= 4 is 17.6 Å². The molecule has 0 fully saturated rings. The third kappa shape index (κ3) is 5.69. The molecule has 31 heavy (non-hydrogen) atoms. The predicted molar refractivity (Wildman–Crippen MR) is 116 cm³/mol. The van der Waals surface area contributed by atoms with Gasteiger partial charge in [-0.25, -0.2) is 0 Å². The molecule has 0 radical (unpaired) electrons. The highest BCUT2D eigenvalue weighted by atomic mass is 16.5. The summed E-state index contributed by atoms with van der Waals surface area (Å²) in [6, 6.07) is 16.3. The molecular weight excluding hydrogens is 396 g/mol. The van der Waals surface area contributed by atoms with Crippen LogP contribution >= 0.6 is 0 Å². The summed E-state index contributed by atoms with van der Waals surface area (Å²) in [7, 11) is 0. The van der Waals surface area contributed by atoms with E-state index < -0.39 is 5.91 Å². The van der Waals surface area contributed by atoms with E-state index in [9.17, 15) is 9.59 Å². The minimum Gasteiger partial charge on any atom is -0.483 e. The van der Waals surface area contributed by atoms with Crippen molar-refractivity contribution < 1.29 is 14.3 Å². The molecule has 1 aromatic heterocycles. The third-order valence-electron chi connectivity index (χ3n) is 4.50. The van der Waals surface area contributed by atoms with E-state index >= 15 is 0 Å². The number of amidine groups is 1. The number of amides is 2. The lowest BCUT2D eigenvalue weighted by molar-refractivity contribution is -0.119. The Bertz CT molecular complexity index is 1110. The summed E-state index contributed by atoms with van der Waals surface area (Å²) in [5, 5.41) is 14.8. The summed E-state index contributed by atoms with van der Waals surface area (Å²) in [4.78, 5) is 23.9. The van der Waals surface area contributed by atoms with Crippen LogP contribution in [0.3, 0.4) is 0 Å². The van der Waals surface area contributed by atoms with E-state index in [-0.39, 0.29) is 24.9 Å². The average molecular weight is 420 g/mol. The van der Waals surface area contributed by atoms with Crippen LogP contribution < -0.4 is 21.5 Å². The molecule has 9 heteroatoms. The van der Waals surface area contributed by atoms with E-state index in [1.165, 1.54) is 6.07 Å². The van der Waals surface area contributed by atoms with Gasteiger partial charge in [-0.1, -0.05) is 42.5 Å². The lowest BCUT2D eigenvalue weighted by Gasteiger charge is -2.13. The molecule has 0 unspecified atom stereocenters. The molecule has 0 atom stereocenters. The van der Waals surface area contributed by atoms with Gasteiger partial charge in [0.25, 0.3) is 11.8 Å². The number of aryl methyl sites for hydroxylation is 1. The first-order valence-corrected chi connectivity index (χ1v) is 9.58. The predicted octanol–water partition coefficient (Wildman–Crippen LogP) is 1.32. The third-order valence-corrected chi connectivity index (χ3v) is 4.50. The molecule has 0 aliphatic rings. The fourth-order valence-corrected chi connectivity index (χ4v) is 3.02. The van der Waals surface area contributed by atoms with Gasteiger partial charge >= 0.3 is 0 Å². The number of nitrogens with two attached hydrogens (primary N) is 2. The molecule has 3 aromatic rings. The van der Waals surface area contributed by atoms with Gasteiger partial charge in [-0.15, -0.1) is 0 Å². The number of primary amides is 1. The number of rotatable bonds is 9. The van der Waals surface area contributed by atoms with E-state index in [4.69, 9.17) is 21.6 Å². The molecule has 0 saturated heterocycles. The zero-order valence-electron chi connectivity index (χ0n) is 17.1. The van der Waals surface area contributed by atoms with Crippen molar-refractivity contribution in [3.8, 4) is 5.75 Å². The Labute approximate surface area is 179 Å². The van der Waals surface area contributed by atoms with Gasteiger partial charge in [0.1, 0.15) is 17.3 Å². The molecule has 3 rings (SSSR count). The normalized spacial score (nSPS) is 10.5. The number of hydrogen-bond acceptors (Lipinski definition) is 5. The largest absolute Gasteiger partial charge is 0.483 e. The highest BCUT2D eigenvalue weighted by Crippen LogP contribution is 2.21. The number of benzene rings is 2. The monoisotopic (exact) mass is 420 g/mol. The van der Waals surface area contributed by atoms with E-state index in [1.54, 1.807) is 22.9 Å². The van der Waals surface area contributed by atoms with Gasteiger partial charge < -0.3 is 21.5 Å². The molecule has 0 aliphatic heterocycles. The van der Waals surface area contributed by atoms with Gasteiger partial charge in [-0.3, -0.25) is 19.7 Å². The number of ether oxygens (including phenoxy) is 1. The molecular formula is C22H24N6O3. The lowest BCUT2D eigenvalue weighted by Crippen LogP contribution is -2.27. The maximum atomic E-state index is 12.9. The number of nitrogens with one attached hydrogen (secondary N) is 2.